The summed E-state index contributed by atoms with van der Waals surface area (Å²) < 4.78 is 16.3. The summed E-state index contributed by atoms with van der Waals surface area (Å²) in [5, 5.41) is 2.95. The second kappa shape index (κ2) is 8.78. The van der Waals surface area contributed by atoms with Crippen LogP contribution in [0.25, 0.3) is 0 Å². The van der Waals surface area contributed by atoms with E-state index in [1.165, 1.54) is 0 Å². The van der Waals surface area contributed by atoms with Crippen molar-refractivity contribution < 1.29 is 19.0 Å². The standard InChI is InChI=1S/C18H28N2O4/c1-4-24-18-15(22-2)8-12(9-16(18)23-3)11-20-17(21)10-13-6-5-7-14(13)19/h8-9,13-14H,4-7,10-11,19H2,1-3H3,(H,20,21)/t13-,14+/m0/s1. The third-order valence-corrected chi connectivity index (χ3v) is 4.46. The molecule has 2 rings (SSSR count). The van der Waals surface area contributed by atoms with Gasteiger partial charge in [-0.15, -0.1) is 0 Å². The molecule has 134 valence electrons. The van der Waals surface area contributed by atoms with E-state index in [1.807, 2.05) is 19.1 Å². The van der Waals surface area contributed by atoms with Gasteiger partial charge < -0.3 is 25.3 Å². The van der Waals surface area contributed by atoms with Gasteiger partial charge in [-0.2, -0.15) is 0 Å². The Hall–Kier alpha value is -1.95. The Balaban J connectivity index is 2.00. The quantitative estimate of drug-likeness (QED) is 0.761. The fourth-order valence-electron chi connectivity index (χ4n) is 3.15. The number of nitrogens with two attached hydrogens (primary N) is 1. The number of amides is 1. The summed E-state index contributed by atoms with van der Waals surface area (Å²) in [6.07, 6.45) is 3.67. The highest BCUT2D eigenvalue weighted by Gasteiger charge is 2.26. The lowest BCUT2D eigenvalue weighted by Crippen LogP contribution is -2.31. The molecule has 1 fully saturated rings. The first-order valence-electron chi connectivity index (χ1n) is 8.49. The first-order chi connectivity index (χ1) is 11.6. The topological polar surface area (TPSA) is 82.8 Å². The maximum absolute atomic E-state index is 12.1. The molecule has 1 amide bonds. The molecule has 0 heterocycles. The van der Waals surface area contributed by atoms with Crippen LogP contribution >= 0.6 is 0 Å². The van der Waals surface area contributed by atoms with Crippen LogP contribution in [0.15, 0.2) is 12.1 Å². The predicted molar refractivity (Wildman–Crippen MR) is 92.5 cm³/mol. The molecule has 0 unspecified atom stereocenters. The van der Waals surface area contributed by atoms with Gasteiger partial charge in [0.15, 0.2) is 11.5 Å². The van der Waals surface area contributed by atoms with Crippen LogP contribution in [0.1, 0.15) is 38.2 Å². The lowest BCUT2D eigenvalue weighted by Gasteiger charge is -2.17. The zero-order chi connectivity index (χ0) is 17.5. The number of methoxy groups -OCH3 is 2. The van der Waals surface area contributed by atoms with Gasteiger partial charge in [-0.3, -0.25) is 4.79 Å². The number of carbonyl (C=O) groups excluding carboxylic acids is 1. The summed E-state index contributed by atoms with van der Waals surface area (Å²) in [5.41, 5.74) is 6.93. The van der Waals surface area contributed by atoms with Gasteiger partial charge >= 0.3 is 0 Å². The van der Waals surface area contributed by atoms with Crippen molar-refractivity contribution in [1.29, 1.82) is 0 Å². The molecule has 1 aromatic rings. The molecule has 0 bridgehead atoms. The summed E-state index contributed by atoms with van der Waals surface area (Å²) in [7, 11) is 3.17. The summed E-state index contributed by atoms with van der Waals surface area (Å²) in [6, 6.07) is 3.87. The fraction of sp³-hybridized carbons (Fsp3) is 0.611. The molecule has 0 radical (unpaired) electrons. The van der Waals surface area contributed by atoms with Crippen LogP contribution in [0.4, 0.5) is 0 Å². The first-order valence-corrected chi connectivity index (χ1v) is 8.49. The average molecular weight is 336 g/mol. The van der Waals surface area contributed by atoms with E-state index in [4.69, 9.17) is 19.9 Å². The Bertz CT molecular complexity index is 537. The Morgan fingerprint density at radius 2 is 1.92 bits per heavy atom. The van der Waals surface area contributed by atoms with Crippen molar-refractivity contribution in [3.8, 4) is 17.2 Å². The molecule has 1 aliphatic rings. The highest BCUT2D eigenvalue weighted by molar-refractivity contribution is 5.76. The smallest absolute Gasteiger partial charge is 0.220 e. The summed E-state index contributed by atoms with van der Waals surface area (Å²) in [4.78, 5) is 12.1. The number of hydrogen-bond donors (Lipinski definition) is 2. The van der Waals surface area contributed by atoms with Crippen molar-refractivity contribution in [1.82, 2.24) is 5.32 Å². The van der Waals surface area contributed by atoms with E-state index in [0.29, 0.717) is 42.7 Å². The Labute approximate surface area is 143 Å². The molecule has 24 heavy (non-hydrogen) atoms. The predicted octanol–water partition coefficient (Wildman–Crippen LogP) is 2.24. The summed E-state index contributed by atoms with van der Waals surface area (Å²) in [5.74, 6) is 2.10. The molecule has 0 aromatic heterocycles. The molecule has 2 atom stereocenters. The zero-order valence-electron chi connectivity index (χ0n) is 14.8. The Morgan fingerprint density at radius 3 is 2.42 bits per heavy atom. The highest BCUT2D eigenvalue weighted by Crippen LogP contribution is 2.38. The molecule has 0 saturated heterocycles. The molecular formula is C18H28N2O4. The van der Waals surface area contributed by atoms with E-state index in [9.17, 15) is 4.79 Å². The first kappa shape index (κ1) is 18.4. The Kier molecular flexibility index (Phi) is 6.73. The van der Waals surface area contributed by atoms with Gasteiger partial charge in [0, 0.05) is 19.0 Å². The number of hydrogen-bond acceptors (Lipinski definition) is 5. The largest absolute Gasteiger partial charge is 0.493 e. The van der Waals surface area contributed by atoms with E-state index in [0.717, 1.165) is 24.8 Å². The third-order valence-electron chi connectivity index (χ3n) is 4.46. The third kappa shape index (κ3) is 4.54. The van der Waals surface area contributed by atoms with Crippen molar-refractivity contribution in [3.05, 3.63) is 17.7 Å². The van der Waals surface area contributed by atoms with E-state index >= 15 is 0 Å². The van der Waals surface area contributed by atoms with Crippen molar-refractivity contribution in [2.45, 2.75) is 45.2 Å². The maximum atomic E-state index is 12.1. The number of ether oxygens (including phenoxy) is 3. The normalized spacial score (nSPS) is 19.8. The molecule has 6 heteroatoms. The number of rotatable bonds is 8. The van der Waals surface area contributed by atoms with Gasteiger partial charge in [0.05, 0.1) is 20.8 Å². The minimum Gasteiger partial charge on any atom is -0.493 e. The van der Waals surface area contributed by atoms with E-state index in [2.05, 4.69) is 5.32 Å². The van der Waals surface area contributed by atoms with Crippen molar-refractivity contribution in [2.24, 2.45) is 11.7 Å². The van der Waals surface area contributed by atoms with Gasteiger partial charge in [0.25, 0.3) is 0 Å². The van der Waals surface area contributed by atoms with Crippen LogP contribution in [-0.2, 0) is 11.3 Å². The van der Waals surface area contributed by atoms with Crippen LogP contribution < -0.4 is 25.3 Å². The maximum Gasteiger partial charge on any atom is 0.220 e. The van der Waals surface area contributed by atoms with E-state index in [-0.39, 0.29) is 11.9 Å². The minimum atomic E-state index is 0.0316. The minimum absolute atomic E-state index is 0.0316. The number of benzene rings is 1. The van der Waals surface area contributed by atoms with Crippen LogP contribution in [0.5, 0.6) is 17.2 Å². The van der Waals surface area contributed by atoms with E-state index in [1.54, 1.807) is 14.2 Å². The fourth-order valence-corrected chi connectivity index (χ4v) is 3.15. The summed E-state index contributed by atoms with van der Waals surface area (Å²) >= 11 is 0. The Morgan fingerprint density at radius 1 is 1.25 bits per heavy atom. The molecular weight excluding hydrogens is 308 g/mol. The average Bonchev–Trinajstić information content (AvgIpc) is 2.98. The van der Waals surface area contributed by atoms with Gasteiger partial charge in [0.1, 0.15) is 0 Å². The van der Waals surface area contributed by atoms with Crippen molar-refractivity contribution in [2.75, 3.05) is 20.8 Å². The van der Waals surface area contributed by atoms with Crippen LogP contribution in [-0.4, -0.2) is 32.8 Å². The zero-order valence-corrected chi connectivity index (χ0v) is 14.8. The van der Waals surface area contributed by atoms with Gasteiger partial charge in [-0.25, -0.2) is 0 Å². The SMILES string of the molecule is CCOc1c(OC)cc(CNC(=O)C[C@@H]2CCC[C@H]2N)cc1OC. The van der Waals surface area contributed by atoms with Gasteiger partial charge in [0.2, 0.25) is 11.7 Å². The molecule has 1 aliphatic carbocycles. The van der Waals surface area contributed by atoms with Crippen molar-refractivity contribution in [3.63, 3.8) is 0 Å². The highest BCUT2D eigenvalue weighted by atomic mass is 16.5. The lowest BCUT2D eigenvalue weighted by atomic mass is 10.00. The van der Waals surface area contributed by atoms with Crippen LogP contribution in [0, 0.1) is 5.92 Å². The number of carbonyl (C=O) groups is 1. The molecule has 0 aliphatic heterocycles. The molecule has 0 spiro atoms. The number of nitrogens with one attached hydrogen (secondary N) is 1. The monoisotopic (exact) mass is 336 g/mol. The lowest BCUT2D eigenvalue weighted by molar-refractivity contribution is -0.122. The van der Waals surface area contributed by atoms with Crippen LogP contribution in [0.3, 0.4) is 0 Å². The van der Waals surface area contributed by atoms with Gasteiger partial charge in [-0.1, -0.05) is 6.42 Å². The second-order valence-corrected chi connectivity index (χ2v) is 6.10. The van der Waals surface area contributed by atoms with Crippen LogP contribution in [0.2, 0.25) is 0 Å². The molecule has 3 N–H and O–H groups in total. The van der Waals surface area contributed by atoms with Gasteiger partial charge in [-0.05, 0) is 43.4 Å². The van der Waals surface area contributed by atoms with E-state index < -0.39 is 0 Å². The molecule has 6 nitrogen and oxygen atoms in total. The summed E-state index contributed by atoms with van der Waals surface area (Å²) in [6.45, 7) is 2.84. The molecule has 1 aromatic carbocycles. The molecule has 1 saturated carbocycles. The van der Waals surface area contributed by atoms with Crippen molar-refractivity contribution >= 4 is 5.91 Å². The second-order valence-electron chi connectivity index (χ2n) is 6.10.